The van der Waals surface area contributed by atoms with Crippen molar-refractivity contribution in [3.05, 3.63) is 131 Å². The smallest absolute Gasteiger partial charge is 0.270 e. The van der Waals surface area contributed by atoms with Gasteiger partial charge >= 0.3 is 0 Å². The van der Waals surface area contributed by atoms with Gasteiger partial charge < -0.3 is 10.6 Å². The summed E-state index contributed by atoms with van der Waals surface area (Å²) in [5.74, 6) is -2.47. The molecule has 2 aromatic heterocycles. The number of nitrogens with one attached hydrogen (secondary N) is 4. The van der Waals surface area contributed by atoms with Crippen LogP contribution in [0.15, 0.2) is 107 Å². The third kappa shape index (κ3) is 8.03. The van der Waals surface area contributed by atoms with Gasteiger partial charge in [-0.05, 0) is 35.4 Å². The molecule has 2 aromatic carbocycles. The van der Waals surface area contributed by atoms with Crippen molar-refractivity contribution in [1.82, 2.24) is 31.5 Å². The van der Waals surface area contributed by atoms with E-state index < -0.39 is 35.7 Å². The van der Waals surface area contributed by atoms with Gasteiger partial charge in [-0.15, -0.1) is 0 Å². The fourth-order valence-electron chi connectivity index (χ4n) is 4.36. The Morgan fingerprint density at radius 1 is 0.500 bits per heavy atom. The Morgan fingerprint density at radius 2 is 0.932 bits per heavy atom. The molecule has 0 saturated heterocycles. The zero-order chi connectivity index (χ0) is 30.7. The molecule has 0 fully saturated rings. The molecule has 0 spiro atoms. The number of hydrogen-bond donors (Lipinski definition) is 4. The predicted molar refractivity (Wildman–Crippen MR) is 163 cm³/mol. The molecule has 1 aliphatic rings. The number of benzene rings is 2. The summed E-state index contributed by atoms with van der Waals surface area (Å²) in [6.45, 7) is 0. The number of hydrogen-bond acceptors (Lipinski definition) is 8. The van der Waals surface area contributed by atoms with E-state index in [1.54, 1.807) is 18.2 Å². The lowest BCUT2D eigenvalue weighted by Crippen LogP contribution is -2.48. The second-order valence-corrected chi connectivity index (χ2v) is 9.80. The molecule has 0 radical (unpaired) electrons. The number of hydrazone groups is 2. The molecule has 2 atom stereocenters. The summed E-state index contributed by atoms with van der Waals surface area (Å²) in [6, 6.07) is 25.7. The Kier molecular flexibility index (Phi) is 9.52. The van der Waals surface area contributed by atoms with Crippen LogP contribution in [0.1, 0.15) is 43.5 Å². The lowest BCUT2D eigenvalue weighted by molar-refractivity contribution is -0.123. The van der Waals surface area contributed by atoms with Crippen LogP contribution in [0.2, 0.25) is 0 Å². The number of aromatic nitrogens is 2. The standard InChI is InChI=1S/C32H28N8O4/c41-29-25-15-8-16-26(36-25)30(42)38-28(18-22-11-5-2-6-12-22)32(44)40-34-20-24-14-7-13-23(35-24)19-33-39-31(43)27(37-29)17-21-9-3-1-4-10-21/h1-16,19-20,27-28H,17-18H2,(H,37,41)(H,38,42)(H,39,43)(H,40,44)/b33-19+,34-20+/t27-,28-/m0/s1. The van der Waals surface area contributed by atoms with Gasteiger partial charge in [-0.3, -0.25) is 19.2 Å². The number of rotatable bonds is 4. The summed E-state index contributed by atoms with van der Waals surface area (Å²) >= 11 is 0. The molecule has 3 heterocycles. The van der Waals surface area contributed by atoms with E-state index in [1.807, 2.05) is 60.7 Å². The van der Waals surface area contributed by atoms with E-state index in [2.05, 4.69) is 41.7 Å². The molecule has 4 amide bonds. The van der Waals surface area contributed by atoms with Gasteiger partial charge in [-0.1, -0.05) is 72.8 Å². The summed E-state index contributed by atoms with van der Waals surface area (Å²) in [4.78, 5) is 61.4. The van der Waals surface area contributed by atoms with Crippen LogP contribution in [0, 0.1) is 0 Å². The van der Waals surface area contributed by atoms with E-state index >= 15 is 0 Å². The van der Waals surface area contributed by atoms with Crippen LogP contribution in [-0.4, -0.2) is 58.1 Å². The minimum Gasteiger partial charge on any atom is -0.338 e. The third-order valence-corrected chi connectivity index (χ3v) is 6.56. The molecule has 0 unspecified atom stereocenters. The van der Waals surface area contributed by atoms with Crippen molar-refractivity contribution in [2.45, 2.75) is 24.9 Å². The number of nitrogens with zero attached hydrogens (tertiary/aromatic N) is 4. The molecule has 220 valence electrons. The third-order valence-electron chi connectivity index (χ3n) is 6.56. The Balaban J connectivity index is 1.47. The maximum Gasteiger partial charge on any atom is 0.270 e. The zero-order valence-corrected chi connectivity index (χ0v) is 23.4. The van der Waals surface area contributed by atoms with Gasteiger partial charge in [-0.25, -0.2) is 20.8 Å². The molecule has 44 heavy (non-hydrogen) atoms. The summed E-state index contributed by atoms with van der Waals surface area (Å²) in [7, 11) is 0. The second kappa shape index (κ2) is 14.2. The van der Waals surface area contributed by atoms with E-state index in [9.17, 15) is 19.2 Å². The van der Waals surface area contributed by atoms with Crippen molar-refractivity contribution < 1.29 is 19.2 Å². The van der Waals surface area contributed by atoms with Gasteiger partial charge in [-0.2, -0.15) is 10.2 Å². The summed E-state index contributed by atoms with van der Waals surface area (Å²) < 4.78 is 0. The maximum absolute atomic E-state index is 13.3. The molecule has 4 aromatic rings. The first-order valence-corrected chi connectivity index (χ1v) is 13.7. The highest BCUT2D eigenvalue weighted by molar-refractivity contribution is 5.99. The Bertz CT molecular complexity index is 1590. The van der Waals surface area contributed by atoms with E-state index in [4.69, 9.17) is 0 Å². The van der Waals surface area contributed by atoms with Gasteiger partial charge in [0.1, 0.15) is 23.5 Å². The highest BCUT2D eigenvalue weighted by atomic mass is 16.2. The van der Waals surface area contributed by atoms with Gasteiger partial charge in [0.05, 0.1) is 23.8 Å². The minimum absolute atomic E-state index is 0.0870. The summed E-state index contributed by atoms with van der Waals surface area (Å²) in [5.41, 5.74) is 7.17. The molecule has 4 N–H and O–H groups in total. The summed E-state index contributed by atoms with van der Waals surface area (Å²) in [6.07, 6.45) is 3.05. The van der Waals surface area contributed by atoms with Crippen molar-refractivity contribution in [3.8, 4) is 0 Å². The molecular formula is C32H28N8O4. The van der Waals surface area contributed by atoms with Crippen LogP contribution in [0.25, 0.3) is 0 Å². The lowest BCUT2D eigenvalue weighted by atomic mass is 10.0. The monoisotopic (exact) mass is 588 g/mol. The fourth-order valence-corrected chi connectivity index (χ4v) is 4.36. The first kappa shape index (κ1) is 29.5. The number of fused-ring (bicyclic) bond motifs is 4. The van der Waals surface area contributed by atoms with Crippen molar-refractivity contribution in [1.29, 1.82) is 0 Å². The van der Waals surface area contributed by atoms with Crippen molar-refractivity contribution in [2.75, 3.05) is 0 Å². The zero-order valence-electron chi connectivity index (χ0n) is 23.4. The van der Waals surface area contributed by atoms with Gasteiger partial charge in [0.25, 0.3) is 23.6 Å². The Morgan fingerprint density at radius 3 is 1.39 bits per heavy atom. The molecule has 1 aliphatic heterocycles. The largest absolute Gasteiger partial charge is 0.338 e. The van der Waals surface area contributed by atoms with E-state index in [0.717, 1.165) is 11.1 Å². The van der Waals surface area contributed by atoms with Crippen LogP contribution >= 0.6 is 0 Å². The number of amides is 4. The molecule has 0 aliphatic carbocycles. The fraction of sp³-hybridized carbons (Fsp3) is 0.125. The van der Waals surface area contributed by atoms with Gasteiger partial charge in [0.2, 0.25) is 0 Å². The highest BCUT2D eigenvalue weighted by Crippen LogP contribution is 2.08. The van der Waals surface area contributed by atoms with Crippen LogP contribution < -0.4 is 21.5 Å². The van der Waals surface area contributed by atoms with Gasteiger partial charge in [0.15, 0.2) is 0 Å². The average molecular weight is 589 g/mol. The number of carbonyl (C=O) groups is 4. The number of carbonyl (C=O) groups excluding carboxylic acids is 4. The molecular weight excluding hydrogens is 560 g/mol. The quantitative estimate of drug-likeness (QED) is 0.284. The highest BCUT2D eigenvalue weighted by Gasteiger charge is 2.25. The van der Waals surface area contributed by atoms with Crippen molar-refractivity contribution in [3.63, 3.8) is 0 Å². The van der Waals surface area contributed by atoms with E-state index in [-0.39, 0.29) is 24.2 Å². The van der Waals surface area contributed by atoms with Crippen molar-refractivity contribution in [2.24, 2.45) is 10.2 Å². The normalized spacial score (nSPS) is 19.0. The molecule has 4 bridgehead atoms. The molecule has 5 rings (SSSR count). The van der Waals surface area contributed by atoms with Crippen molar-refractivity contribution >= 4 is 36.1 Å². The van der Waals surface area contributed by atoms with Gasteiger partial charge in [0, 0.05) is 12.8 Å². The topological polar surface area (TPSA) is 167 Å². The predicted octanol–water partition coefficient (Wildman–Crippen LogP) is 1.77. The van der Waals surface area contributed by atoms with E-state index in [1.165, 1.54) is 30.6 Å². The first-order chi connectivity index (χ1) is 21.4. The molecule has 0 saturated carbocycles. The summed E-state index contributed by atoms with van der Waals surface area (Å²) in [5, 5.41) is 13.4. The second-order valence-electron chi connectivity index (χ2n) is 9.80. The maximum atomic E-state index is 13.3. The number of pyridine rings is 2. The van der Waals surface area contributed by atoms with Crippen LogP contribution in [0.4, 0.5) is 0 Å². The molecule has 12 heteroatoms. The van der Waals surface area contributed by atoms with Crippen LogP contribution in [0.3, 0.4) is 0 Å². The van der Waals surface area contributed by atoms with E-state index in [0.29, 0.717) is 11.4 Å². The first-order valence-electron chi connectivity index (χ1n) is 13.7. The average Bonchev–Trinajstić information content (AvgIpc) is 3.05. The Hall–Kier alpha value is -6.04. The molecule has 12 nitrogen and oxygen atoms in total. The minimum atomic E-state index is -1.02. The lowest BCUT2D eigenvalue weighted by Gasteiger charge is -2.18. The SMILES string of the molecule is O=C1N[C@@H](Cc2ccccc2)C(=O)N/N=C/c2cccc(n2)/C=N/NC(=O)[C@H](Cc2ccccc2)NC(=O)c2cccc1n2. The van der Waals surface area contributed by atoms with Crippen LogP contribution in [0.5, 0.6) is 0 Å². The Labute approximate surface area is 252 Å². The van der Waals surface area contributed by atoms with Crippen LogP contribution in [-0.2, 0) is 22.4 Å².